The lowest BCUT2D eigenvalue weighted by Crippen LogP contribution is -2.43. The van der Waals surface area contributed by atoms with Gasteiger partial charge in [-0.1, -0.05) is 103 Å². The number of esters is 1. The number of carbonyl (C=O) groups excluding carboxylic acids is 2. The van der Waals surface area contributed by atoms with E-state index in [0.29, 0.717) is 11.1 Å². The van der Waals surface area contributed by atoms with Gasteiger partial charge in [-0.3, -0.25) is 15.0 Å². The zero-order chi connectivity index (χ0) is 28.3. The number of rotatable bonds is 11. The summed E-state index contributed by atoms with van der Waals surface area (Å²) in [6, 6.07) is 33.8. The Balaban J connectivity index is 1.59. The molecule has 4 rings (SSSR count). The van der Waals surface area contributed by atoms with Crippen molar-refractivity contribution in [2.45, 2.75) is 18.9 Å². The fourth-order valence-electron chi connectivity index (χ4n) is 4.53. The molecule has 0 aliphatic rings. The number of hydrogen-bond acceptors (Lipinski definition) is 4. The molecular weight excluding hydrogens is 498 g/mol. The van der Waals surface area contributed by atoms with Crippen LogP contribution in [-0.2, 0) is 22.4 Å². The fourth-order valence-corrected chi connectivity index (χ4v) is 4.53. The number of carbonyl (C=O) groups is 2. The summed E-state index contributed by atoms with van der Waals surface area (Å²) in [4.78, 5) is 26.5. The van der Waals surface area contributed by atoms with Gasteiger partial charge in [0.1, 0.15) is 5.84 Å². The first-order valence-electron chi connectivity index (χ1n) is 13.1. The standard InChI is InChI=1S/C34H33N3O3/c1-40-34(39)30(23-27-13-8-14-29(22-27)32(35)36)31(20-17-24-9-4-2-5-10-24)37-33(38)28-18-15-26(16-19-28)21-25-11-6-3-7-12-25/h2-20,22,30-31H,21,23H2,1H3,(H3,35,36)(H,37,38)/b20-17+. The summed E-state index contributed by atoms with van der Waals surface area (Å²) >= 11 is 0. The lowest BCUT2D eigenvalue weighted by atomic mass is 9.90. The number of benzene rings is 4. The molecular formula is C34H33N3O3. The predicted octanol–water partition coefficient (Wildman–Crippen LogP) is 5.41. The fraction of sp³-hybridized carbons (Fsp3) is 0.147. The minimum Gasteiger partial charge on any atom is -0.469 e. The first-order valence-corrected chi connectivity index (χ1v) is 13.1. The van der Waals surface area contributed by atoms with Gasteiger partial charge in [0.05, 0.1) is 19.1 Å². The summed E-state index contributed by atoms with van der Waals surface area (Å²) in [5.74, 6) is -1.51. The largest absolute Gasteiger partial charge is 0.469 e. The highest BCUT2D eigenvalue weighted by Gasteiger charge is 2.29. The van der Waals surface area contributed by atoms with Gasteiger partial charge in [0.2, 0.25) is 0 Å². The first-order chi connectivity index (χ1) is 19.4. The number of nitrogens with two attached hydrogens (primary N) is 1. The molecule has 0 bridgehead atoms. The van der Waals surface area contributed by atoms with Crippen molar-refractivity contribution in [3.8, 4) is 0 Å². The second kappa shape index (κ2) is 13.7. The molecule has 0 saturated heterocycles. The van der Waals surface area contributed by atoms with E-state index in [9.17, 15) is 9.59 Å². The van der Waals surface area contributed by atoms with E-state index in [1.807, 2.05) is 78.9 Å². The maximum atomic E-state index is 13.4. The third-order valence-corrected chi connectivity index (χ3v) is 6.69. The Morgan fingerprint density at radius 2 is 1.45 bits per heavy atom. The van der Waals surface area contributed by atoms with Crippen LogP contribution in [0.3, 0.4) is 0 Å². The SMILES string of the molecule is COC(=O)C(Cc1cccc(C(=N)N)c1)C(/C=C/c1ccccc1)NC(=O)c1ccc(Cc2ccccc2)cc1. The molecule has 4 aromatic carbocycles. The molecule has 0 spiro atoms. The molecule has 40 heavy (non-hydrogen) atoms. The van der Waals surface area contributed by atoms with Gasteiger partial charge in [-0.05, 0) is 53.3 Å². The zero-order valence-electron chi connectivity index (χ0n) is 22.4. The normalized spacial score (nSPS) is 12.4. The van der Waals surface area contributed by atoms with Crippen molar-refractivity contribution in [2.24, 2.45) is 11.7 Å². The highest BCUT2D eigenvalue weighted by Crippen LogP contribution is 2.19. The quantitative estimate of drug-likeness (QED) is 0.137. The molecule has 4 aromatic rings. The molecule has 6 heteroatoms. The molecule has 0 saturated carbocycles. The van der Waals surface area contributed by atoms with E-state index in [2.05, 4.69) is 17.4 Å². The van der Waals surface area contributed by atoms with E-state index < -0.39 is 17.9 Å². The van der Waals surface area contributed by atoms with Crippen LogP contribution in [0.5, 0.6) is 0 Å². The Morgan fingerprint density at radius 3 is 2.10 bits per heavy atom. The van der Waals surface area contributed by atoms with Crippen molar-refractivity contribution < 1.29 is 14.3 Å². The maximum Gasteiger partial charge on any atom is 0.311 e. The Bertz CT molecular complexity index is 1470. The van der Waals surface area contributed by atoms with Crippen LogP contribution in [-0.4, -0.2) is 30.9 Å². The Labute approximate surface area is 235 Å². The Hall–Kier alpha value is -4.97. The molecule has 202 valence electrons. The van der Waals surface area contributed by atoms with Crippen LogP contribution in [0.4, 0.5) is 0 Å². The van der Waals surface area contributed by atoms with Crippen LogP contribution in [0.2, 0.25) is 0 Å². The highest BCUT2D eigenvalue weighted by molar-refractivity contribution is 5.95. The van der Waals surface area contributed by atoms with Gasteiger partial charge in [-0.2, -0.15) is 0 Å². The van der Waals surface area contributed by atoms with E-state index in [0.717, 1.165) is 23.1 Å². The number of amidine groups is 1. The smallest absolute Gasteiger partial charge is 0.311 e. The van der Waals surface area contributed by atoms with Crippen LogP contribution in [0.25, 0.3) is 6.08 Å². The summed E-state index contributed by atoms with van der Waals surface area (Å²) in [6.07, 6.45) is 4.77. The molecule has 2 atom stereocenters. The third kappa shape index (κ3) is 7.77. The number of amides is 1. The minimum absolute atomic E-state index is 0.0546. The van der Waals surface area contributed by atoms with Gasteiger partial charge < -0.3 is 15.8 Å². The van der Waals surface area contributed by atoms with Gasteiger partial charge >= 0.3 is 5.97 Å². The average molecular weight is 532 g/mol. The van der Waals surface area contributed by atoms with Gasteiger partial charge in [0.25, 0.3) is 5.91 Å². The maximum absolute atomic E-state index is 13.4. The molecule has 6 nitrogen and oxygen atoms in total. The summed E-state index contributed by atoms with van der Waals surface area (Å²) in [5.41, 5.74) is 10.8. The van der Waals surface area contributed by atoms with E-state index in [-0.39, 0.29) is 18.2 Å². The second-order valence-electron chi connectivity index (χ2n) is 9.58. The van der Waals surface area contributed by atoms with Gasteiger partial charge in [0, 0.05) is 11.1 Å². The summed E-state index contributed by atoms with van der Waals surface area (Å²) < 4.78 is 5.16. The van der Waals surface area contributed by atoms with Gasteiger partial charge in [-0.15, -0.1) is 0 Å². The molecule has 0 fully saturated rings. The topological polar surface area (TPSA) is 105 Å². The van der Waals surface area contributed by atoms with E-state index in [4.69, 9.17) is 15.9 Å². The molecule has 0 heterocycles. The number of nitrogen functional groups attached to an aromatic ring is 1. The number of nitrogens with one attached hydrogen (secondary N) is 2. The van der Waals surface area contributed by atoms with Crippen LogP contribution >= 0.6 is 0 Å². The van der Waals surface area contributed by atoms with Gasteiger partial charge in [-0.25, -0.2) is 0 Å². The summed E-state index contributed by atoms with van der Waals surface area (Å²) in [7, 11) is 1.34. The van der Waals surface area contributed by atoms with E-state index >= 15 is 0 Å². The van der Waals surface area contributed by atoms with E-state index in [1.54, 1.807) is 30.3 Å². The highest BCUT2D eigenvalue weighted by atomic mass is 16.5. The van der Waals surface area contributed by atoms with Crippen molar-refractivity contribution in [1.82, 2.24) is 5.32 Å². The summed E-state index contributed by atoms with van der Waals surface area (Å²) in [6.45, 7) is 0. The summed E-state index contributed by atoms with van der Waals surface area (Å²) in [5, 5.41) is 10.8. The minimum atomic E-state index is -0.714. The van der Waals surface area contributed by atoms with Crippen molar-refractivity contribution in [3.05, 3.63) is 149 Å². The van der Waals surface area contributed by atoms with Crippen LogP contribution in [0.1, 0.15) is 38.2 Å². The number of hydrogen-bond donors (Lipinski definition) is 3. The number of methoxy groups -OCH3 is 1. The lowest BCUT2D eigenvalue weighted by Gasteiger charge is -2.24. The number of ether oxygens (including phenoxy) is 1. The molecule has 1 amide bonds. The van der Waals surface area contributed by atoms with Crippen molar-refractivity contribution in [3.63, 3.8) is 0 Å². The molecule has 0 aliphatic heterocycles. The monoisotopic (exact) mass is 531 g/mol. The molecule has 0 radical (unpaired) electrons. The lowest BCUT2D eigenvalue weighted by molar-refractivity contribution is -0.145. The Morgan fingerprint density at radius 1 is 0.825 bits per heavy atom. The zero-order valence-corrected chi connectivity index (χ0v) is 22.4. The molecule has 0 aromatic heterocycles. The van der Waals surface area contributed by atoms with Gasteiger partial charge in [0.15, 0.2) is 0 Å². The average Bonchev–Trinajstić information content (AvgIpc) is 2.99. The van der Waals surface area contributed by atoms with Crippen LogP contribution in [0, 0.1) is 11.3 Å². The first kappa shape index (κ1) is 28.0. The van der Waals surface area contributed by atoms with Crippen LogP contribution in [0.15, 0.2) is 115 Å². The van der Waals surface area contributed by atoms with Crippen molar-refractivity contribution in [1.29, 1.82) is 5.41 Å². The molecule has 2 unspecified atom stereocenters. The molecule has 4 N–H and O–H groups in total. The third-order valence-electron chi connectivity index (χ3n) is 6.69. The van der Waals surface area contributed by atoms with Crippen LogP contribution < -0.4 is 11.1 Å². The second-order valence-corrected chi connectivity index (χ2v) is 9.58. The molecule has 0 aliphatic carbocycles. The predicted molar refractivity (Wildman–Crippen MR) is 159 cm³/mol. The Kier molecular flexibility index (Phi) is 9.62. The van der Waals surface area contributed by atoms with E-state index in [1.165, 1.54) is 12.7 Å². The van der Waals surface area contributed by atoms with Crippen molar-refractivity contribution >= 4 is 23.8 Å². The van der Waals surface area contributed by atoms with Crippen molar-refractivity contribution in [2.75, 3.05) is 7.11 Å².